The number of hydrogen-bond donors (Lipinski definition) is 0. The molecule has 6 aliphatic rings. The van der Waals surface area contributed by atoms with Crippen molar-refractivity contribution in [2.75, 3.05) is 0 Å². The lowest BCUT2D eigenvalue weighted by molar-refractivity contribution is 0.148. The van der Waals surface area contributed by atoms with Crippen molar-refractivity contribution >= 4 is 43.0 Å². The Labute approximate surface area is 274 Å². The zero-order chi connectivity index (χ0) is 31.3. The largest absolute Gasteiger partial charge is 0.636 e. The van der Waals surface area contributed by atoms with Gasteiger partial charge in [0.05, 0.1) is 36.6 Å². The van der Waals surface area contributed by atoms with Gasteiger partial charge >= 0.3 is 9.05 Å². The number of rotatable bonds is 17. The minimum atomic E-state index is -3.38. The maximum absolute atomic E-state index is 7.40. The zero-order valence-electron chi connectivity index (χ0n) is 29.2. The lowest BCUT2D eigenvalue weighted by Gasteiger charge is -2.44. The van der Waals surface area contributed by atoms with Crippen LogP contribution in [-0.4, -0.2) is 79.7 Å². The van der Waals surface area contributed by atoms with Crippen molar-refractivity contribution in [3.8, 4) is 0 Å². The van der Waals surface area contributed by atoms with E-state index < -0.39 is 43.0 Å². The molecular formula is C32H63O7Si5. The smallest absolute Gasteiger partial charge is 0.396 e. The Morgan fingerprint density at radius 2 is 0.818 bits per heavy atom. The molecule has 3 aliphatic carbocycles. The highest BCUT2D eigenvalue weighted by Gasteiger charge is 2.57. The van der Waals surface area contributed by atoms with Gasteiger partial charge in [0.1, 0.15) is 0 Å². The van der Waals surface area contributed by atoms with Crippen LogP contribution in [0.4, 0.5) is 0 Å². The van der Waals surface area contributed by atoms with Crippen LogP contribution in [-0.2, 0) is 30.7 Å². The van der Waals surface area contributed by atoms with Crippen LogP contribution in [0.5, 0.6) is 0 Å². The standard InChI is InChI=1S/C32H63O7Si5/c1-40(2)36-44(37-41(3,4)18-15-24-9-12-27-30(21-24)33-27,38-42(5,6)19-16-25-10-13-28-31(22-25)34-28)39-43(7,8)20-17-26-11-14-29-32(23-26)35-29/h24-32H,9-23H2,1-8H3. The second-order valence-electron chi connectivity index (χ2n) is 17.4. The van der Waals surface area contributed by atoms with Gasteiger partial charge in [-0.15, -0.1) is 0 Å². The molecule has 44 heavy (non-hydrogen) atoms. The van der Waals surface area contributed by atoms with Crippen LogP contribution in [0.2, 0.25) is 70.5 Å². The first-order chi connectivity index (χ1) is 20.7. The third kappa shape index (κ3) is 9.93. The minimum Gasteiger partial charge on any atom is -0.396 e. The van der Waals surface area contributed by atoms with Gasteiger partial charge < -0.3 is 30.7 Å². The maximum atomic E-state index is 7.40. The van der Waals surface area contributed by atoms with Gasteiger partial charge in [0, 0.05) is 0 Å². The van der Waals surface area contributed by atoms with Gasteiger partial charge in [-0.25, -0.2) is 0 Å². The fourth-order valence-corrected chi connectivity index (χ4v) is 26.4. The van der Waals surface area contributed by atoms with Crippen molar-refractivity contribution in [1.29, 1.82) is 0 Å². The molecule has 253 valence electrons. The molecular weight excluding hydrogens is 637 g/mol. The summed E-state index contributed by atoms with van der Waals surface area (Å²) in [5.41, 5.74) is 0. The summed E-state index contributed by atoms with van der Waals surface area (Å²) >= 11 is 0. The Hall–Kier alpha value is 0.804. The summed E-state index contributed by atoms with van der Waals surface area (Å²) in [6, 6.07) is 3.40. The average Bonchev–Trinajstić information content (AvgIpc) is 3.81. The van der Waals surface area contributed by atoms with Crippen molar-refractivity contribution in [3.63, 3.8) is 0 Å². The lowest BCUT2D eigenvalue weighted by atomic mass is 9.88. The quantitative estimate of drug-likeness (QED) is 0.112. The normalized spacial score (nSPS) is 38.0. The number of epoxide rings is 3. The molecule has 0 spiro atoms. The molecule has 0 N–H and O–H groups in total. The van der Waals surface area contributed by atoms with Crippen LogP contribution < -0.4 is 0 Å². The molecule has 0 amide bonds. The van der Waals surface area contributed by atoms with Crippen molar-refractivity contribution in [3.05, 3.63) is 0 Å². The van der Waals surface area contributed by atoms with Crippen LogP contribution >= 0.6 is 0 Å². The maximum Gasteiger partial charge on any atom is 0.636 e. The molecule has 1 radical (unpaired) electrons. The highest BCUT2D eigenvalue weighted by molar-refractivity contribution is 6.90. The van der Waals surface area contributed by atoms with Crippen LogP contribution in [0.1, 0.15) is 77.0 Å². The van der Waals surface area contributed by atoms with Crippen LogP contribution in [0.3, 0.4) is 0 Å². The van der Waals surface area contributed by atoms with E-state index in [4.69, 9.17) is 30.7 Å². The Bertz CT molecular complexity index is 871. The molecule has 6 rings (SSSR count). The van der Waals surface area contributed by atoms with Gasteiger partial charge in [0.25, 0.3) is 0 Å². The summed E-state index contributed by atoms with van der Waals surface area (Å²) in [4.78, 5) is 0. The summed E-state index contributed by atoms with van der Waals surface area (Å²) in [5.74, 6) is 2.29. The van der Waals surface area contributed by atoms with E-state index in [2.05, 4.69) is 52.4 Å². The van der Waals surface area contributed by atoms with E-state index in [1.54, 1.807) is 0 Å². The van der Waals surface area contributed by atoms with E-state index in [0.717, 1.165) is 35.9 Å². The second-order valence-corrected chi connectivity index (χ2v) is 35.5. The fourth-order valence-electron chi connectivity index (χ4n) is 8.45. The lowest BCUT2D eigenvalue weighted by Crippen LogP contribution is -2.65. The molecule has 9 atom stereocenters. The topological polar surface area (TPSA) is 74.5 Å². The molecule has 0 aromatic rings. The van der Waals surface area contributed by atoms with Crippen molar-refractivity contribution < 1.29 is 30.7 Å². The second kappa shape index (κ2) is 13.6. The van der Waals surface area contributed by atoms with Gasteiger partial charge in [-0.05, 0) is 146 Å². The minimum absolute atomic E-state index is 0.537. The predicted octanol–water partition coefficient (Wildman–Crippen LogP) is 8.23. The van der Waals surface area contributed by atoms with Crippen molar-refractivity contribution in [1.82, 2.24) is 0 Å². The van der Waals surface area contributed by atoms with Gasteiger partial charge in [-0.3, -0.25) is 0 Å². The SMILES string of the molecule is C[Si](C)O[Si](O[Si](C)(C)CCC1CCC2OC2C1)(O[Si](C)(C)CCC1CCC2OC2C1)O[Si](C)(C)CCC1CCC2OC2C1. The molecule has 0 aromatic carbocycles. The molecule has 12 heteroatoms. The molecule has 3 saturated heterocycles. The van der Waals surface area contributed by atoms with Crippen LogP contribution in [0, 0.1) is 17.8 Å². The predicted molar refractivity (Wildman–Crippen MR) is 186 cm³/mol. The molecule has 0 aromatic heterocycles. The number of ether oxygens (including phenoxy) is 3. The van der Waals surface area contributed by atoms with Crippen LogP contribution in [0.15, 0.2) is 0 Å². The van der Waals surface area contributed by atoms with E-state index in [1.807, 2.05) is 0 Å². The van der Waals surface area contributed by atoms with E-state index in [-0.39, 0.29) is 0 Å². The Balaban J connectivity index is 1.14. The van der Waals surface area contributed by atoms with Crippen molar-refractivity contribution in [2.24, 2.45) is 17.8 Å². The molecule has 7 nitrogen and oxygen atoms in total. The number of fused-ring (bicyclic) bond motifs is 3. The average molecular weight is 700 g/mol. The first-order valence-electron chi connectivity index (χ1n) is 18.2. The molecule has 3 aliphatic heterocycles. The monoisotopic (exact) mass is 699 g/mol. The van der Waals surface area contributed by atoms with Gasteiger partial charge in [-0.2, -0.15) is 0 Å². The summed E-state index contributed by atoms with van der Waals surface area (Å²) < 4.78 is 46.8. The highest BCUT2D eigenvalue weighted by atomic mass is 28.5. The number of hydrogen-bond acceptors (Lipinski definition) is 7. The van der Waals surface area contributed by atoms with E-state index >= 15 is 0 Å². The Morgan fingerprint density at radius 3 is 1.09 bits per heavy atom. The van der Waals surface area contributed by atoms with E-state index in [0.29, 0.717) is 36.6 Å². The Kier molecular flexibility index (Phi) is 10.7. The molecule has 0 bridgehead atoms. The fraction of sp³-hybridized carbons (Fsp3) is 1.00. The van der Waals surface area contributed by atoms with Gasteiger partial charge in [0.15, 0.2) is 34.0 Å². The van der Waals surface area contributed by atoms with Crippen molar-refractivity contribution in [2.45, 2.75) is 184 Å². The van der Waals surface area contributed by atoms with E-state index in [1.165, 1.54) is 77.0 Å². The summed E-state index contributed by atoms with van der Waals surface area (Å²) in [7, 11) is -10.9. The summed E-state index contributed by atoms with van der Waals surface area (Å²) in [5, 5.41) is 0. The molecule has 3 saturated carbocycles. The summed E-state index contributed by atoms with van der Waals surface area (Å²) in [6.45, 7) is 18.8. The molecule has 9 unspecified atom stereocenters. The molecule has 6 fully saturated rings. The molecule has 3 heterocycles. The van der Waals surface area contributed by atoms with Gasteiger partial charge in [-0.1, -0.05) is 19.3 Å². The van der Waals surface area contributed by atoms with E-state index in [9.17, 15) is 0 Å². The zero-order valence-corrected chi connectivity index (χ0v) is 34.2. The first kappa shape index (κ1) is 34.7. The third-order valence-electron chi connectivity index (χ3n) is 11.3. The van der Waals surface area contributed by atoms with Gasteiger partial charge in [0.2, 0.25) is 0 Å². The summed E-state index contributed by atoms with van der Waals surface area (Å²) in [6.07, 6.45) is 18.3. The third-order valence-corrected chi connectivity index (χ3v) is 28.1. The van der Waals surface area contributed by atoms with Crippen LogP contribution in [0.25, 0.3) is 0 Å². The first-order valence-corrected chi connectivity index (χ1v) is 31.6. The Morgan fingerprint density at radius 1 is 0.500 bits per heavy atom. The highest BCUT2D eigenvalue weighted by Crippen LogP contribution is 2.45.